The fraction of sp³-hybridized carbons (Fsp3) is 0.385. The van der Waals surface area contributed by atoms with Gasteiger partial charge in [0.05, 0.1) is 5.69 Å². The van der Waals surface area contributed by atoms with Gasteiger partial charge in [0.25, 0.3) is 5.56 Å². The van der Waals surface area contributed by atoms with Crippen molar-refractivity contribution in [1.29, 1.82) is 0 Å². The molecule has 0 bridgehead atoms. The van der Waals surface area contributed by atoms with Crippen molar-refractivity contribution in [3.63, 3.8) is 0 Å². The number of hydrogen-bond acceptors (Lipinski definition) is 6. The van der Waals surface area contributed by atoms with Crippen LogP contribution in [0.5, 0.6) is 0 Å². The second-order valence-corrected chi connectivity index (χ2v) is 10.3. The topological polar surface area (TPSA) is 89.7 Å². The average Bonchev–Trinajstić information content (AvgIpc) is 3.10. The molecular weight excluding hydrogens is 445 g/mol. The summed E-state index contributed by atoms with van der Waals surface area (Å²) in [5, 5.41) is 7.04. The summed E-state index contributed by atoms with van der Waals surface area (Å²) >= 11 is 0. The van der Waals surface area contributed by atoms with Crippen LogP contribution in [0.1, 0.15) is 57.5 Å². The summed E-state index contributed by atoms with van der Waals surface area (Å²) in [5.74, 6) is 0.422. The lowest BCUT2D eigenvalue weighted by molar-refractivity contribution is 0.462. The number of rotatable bonds is 4. The van der Waals surface area contributed by atoms with Crippen molar-refractivity contribution >= 4 is 22.7 Å². The Kier molecular flexibility index (Phi) is 5.67. The van der Waals surface area contributed by atoms with Crippen molar-refractivity contribution in [2.24, 2.45) is 0 Å². The van der Waals surface area contributed by atoms with E-state index in [1.54, 1.807) is 15.4 Å². The van der Waals surface area contributed by atoms with Gasteiger partial charge in [-0.2, -0.15) is 4.98 Å². The summed E-state index contributed by atoms with van der Waals surface area (Å²) in [6, 6.07) is 9.03. The van der Waals surface area contributed by atoms with Crippen LogP contribution < -0.4 is 16.2 Å². The van der Waals surface area contributed by atoms with E-state index in [4.69, 9.17) is 4.98 Å². The maximum atomic E-state index is 14.6. The van der Waals surface area contributed by atoms with Crippen LogP contribution in [0, 0.1) is 5.82 Å². The van der Waals surface area contributed by atoms with Crippen LogP contribution in [-0.2, 0) is 18.4 Å². The molecule has 8 nitrogen and oxygen atoms in total. The number of fused-ring (bicyclic) bond motifs is 2. The van der Waals surface area contributed by atoms with E-state index >= 15 is 0 Å². The highest BCUT2D eigenvalue weighted by Crippen LogP contribution is 2.26. The van der Waals surface area contributed by atoms with Gasteiger partial charge in [0.2, 0.25) is 5.95 Å². The van der Waals surface area contributed by atoms with E-state index in [1.807, 2.05) is 40.7 Å². The Morgan fingerprint density at radius 3 is 2.66 bits per heavy atom. The van der Waals surface area contributed by atoms with Crippen LogP contribution in [0.2, 0.25) is 0 Å². The molecule has 0 saturated carbocycles. The standard InChI is InChI=1S/C26H30FN7O/c1-15(2)33-24(35)19-14-29-25(30-18-7-6-16-10-11-28-13-17(16)12-18)32-23(19)34(33)21-9-8-20(27)22(31-21)26(3,4)5/h6-9,12,14-15,28H,10-11,13H2,1-5H3,(H,29,30,32). The molecule has 1 aliphatic rings. The molecule has 1 aliphatic heterocycles. The maximum absolute atomic E-state index is 14.6. The van der Waals surface area contributed by atoms with Gasteiger partial charge < -0.3 is 10.6 Å². The fourth-order valence-electron chi connectivity index (χ4n) is 4.51. The van der Waals surface area contributed by atoms with Crippen LogP contribution in [0.4, 0.5) is 16.0 Å². The van der Waals surface area contributed by atoms with Gasteiger partial charge >= 0.3 is 0 Å². The number of hydrogen-bond donors (Lipinski definition) is 2. The average molecular weight is 476 g/mol. The van der Waals surface area contributed by atoms with Crippen molar-refractivity contribution in [2.45, 2.75) is 59.0 Å². The van der Waals surface area contributed by atoms with Crippen LogP contribution in [0.15, 0.2) is 41.3 Å². The Hall–Kier alpha value is -3.59. The van der Waals surface area contributed by atoms with Crippen molar-refractivity contribution < 1.29 is 4.39 Å². The van der Waals surface area contributed by atoms with Crippen LogP contribution >= 0.6 is 0 Å². The smallest absolute Gasteiger partial charge is 0.278 e. The molecule has 182 valence electrons. The highest BCUT2D eigenvalue weighted by atomic mass is 19.1. The van der Waals surface area contributed by atoms with Crippen LogP contribution in [-0.4, -0.2) is 30.9 Å². The molecule has 0 unspecified atom stereocenters. The van der Waals surface area contributed by atoms with E-state index < -0.39 is 5.41 Å². The van der Waals surface area contributed by atoms with E-state index in [0.29, 0.717) is 28.5 Å². The summed E-state index contributed by atoms with van der Waals surface area (Å²) < 4.78 is 17.9. The molecule has 0 saturated heterocycles. The Balaban J connectivity index is 1.64. The summed E-state index contributed by atoms with van der Waals surface area (Å²) in [4.78, 5) is 27.0. The maximum Gasteiger partial charge on any atom is 0.278 e. The summed E-state index contributed by atoms with van der Waals surface area (Å²) in [6.07, 6.45) is 2.55. The Morgan fingerprint density at radius 1 is 1.11 bits per heavy atom. The van der Waals surface area contributed by atoms with Gasteiger partial charge in [0.1, 0.15) is 11.2 Å². The summed E-state index contributed by atoms with van der Waals surface area (Å²) in [5.41, 5.74) is 3.48. The Bertz CT molecular complexity index is 1480. The lowest BCUT2D eigenvalue weighted by Gasteiger charge is -2.21. The number of nitrogens with one attached hydrogen (secondary N) is 2. The van der Waals surface area contributed by atoms with Gasteiger partial charge in [-0.15, -0.1) is 0 Å². The second-order valence-electron chi connectivity index (χ2n) is 10.3. The fourth-order valence-corrected chi connectivity index (χ4v) is 4.51. The Labute approximate surface area is 203 Å². The lowest BCUT2D eigenvalue weighted by Crippen LogP contribution is -2.25. The predicted octanol–water partition coefficient (Wildman–Crippen LogP) is 4.38. The van der Waals surface area contributed by atoms with E-state index in [0.717, 1.165) is 25.2 Å². The number of aromatic nitrogens is 5. The van der Waals surface area contributed by atoms with E-state index in [1.165, 1.54) is 23.4 Å². The van der Waals surface area contributed by atoms with Crippen molar-refractivity contribution in [3.05, 3.63) is 69.5 Å². The molecule has 9 heteroatoms. The van der Waals surface area contributed by atoms with Gasteiger partial charge in [-0.05, 0) is 62.2 Å². The first-order valence-corrected chi connectivity index (χ1v) is 11.9. The van der Waals surface area contributed by atoms with E-state index in [2.05, 4.69) is 32.7 Å². The zero-order valence-corrected chi connectivity index (χ0v) is 20.7. The SMILES string of the molecule is CC(C)n1c(=O)c2cnc(Nc3ccc4c(c3)CNCC4)nc2n1-c1ccc(F)c(C(C)(C)C)n1. The Morgan fingerprint density at radius 2 is 1.91 bits per heavy atom. The number of halogens is 1. The molecule has 2 N–H and O–H groups in total. The predicted molar refractivity (Wildman–Crippen MR) is 135 cm³/mol. The van der Waals surface area contributed by atoms with Gasteiger partial charge in [0, 0.05) is 29.9 Å². The highest BCUT2D eigenvalue weighted by Gasteiger charge is 2.24. The van der Waals surface area contributed by atoms with Crippen molar-refractivity contribution in [2.75, 3.05) is 11.9 Å². The summed E-state index contributed by atoms with van der Waals surface area (Å²) in [7, 11) is 0. The number of pyridine rings is 1. The third-order valence-electron chi connectivity index (χ3n) is 6.22. The zero-order chi connectivity index (χ0) is 24.9. The quantitative estimate of drug-likeness (QED) is 0.455. The lowest BCUT2D eigenvalue weighted by atomic mass is 9.91. The van der Waals surface area contributed by atoms with Crippen LogP contribution in [0.3, 0.4) is 0 Å². The first kappa shape index (κ1) is 23.2. The molecule has 0 spiro atoms. The molecule has 0 radical (unpaired) electrons. The second kappa shape index (κ2) is 8.57. The van der Waals surface area contributed by atoms with E-state index in [-0.39, 0.29) is 17.4 Å². The minimum absolute atomic E-state index is 0.175. The minimum atomic E-state index is -0.505. The highest BCUT2D eigenvalue weighted by molar-refractivity contribution is 5.77. The monoisotopic (exact) mass is 475 g/mol. The molecule has 5 rings (SSSR count). The minimum Gasteiger partial charge on any atom is -0.324 e. The largest absolute Gasteiger partial charge is 0.324 e. The van der Waals surface area contributed by atoms with Crippen molar-refractivity contribution in [3.8, 4) is 5.82 Å². The van der Waals surface area contributed by atoms with Gasteiger partial charge in [-0.1, -0.05) is 26.8 Å². The van der Waals surface area contributed by atoms with Crippen LogP contribution in [0.25, 0.3) is 16.9 Å². The third kappa shape index (κ3) is 4.20. The molecular formula is C26H30FN7O. The number of anilines is 2. The van der Waals surface area contributed by atoms with Gasteiger partial charge in [0.15, 0.2) is 11.5 Å². The first-order chi connectivity index (χ1) is 16.6. The molecule has 3 aromatic heterocycles. The molecule has 1 aromatic carbocycles. The normalized spacial score (nSPS) is 13.9. The van der Waals surface area contributed by atoms with Crippen molar-refractivity contribution in [1.82, 2.24) is 29.6 Å². The van der Waals surface area contributed by atoms with E-state index in [9.17, 15) is 9.18 Å². The number of benzene rings is 1. The third-order valence-corrected chi connectivity index (χ3v) is 6.22. The summed E-state index contributed by atoms with van der Waals surface area (Å²) in [6.45, 7) is 11.4. The molecule has 4 aromatic rings. The molecule has 0 amide bonds. The molecule has 0 atom stereocenters. The first-order valence-electron chi connectivity index (χ1n) is 11.9. The molecule has 35 heavy (non-hydrogen) atoms. The number of nitrogens with zero attached hydrogens (tertiary/aromatic N) is 5. The van der Waals surface area contributed by atoms with Gasteiger partial charge in [-0.3, -0.25) is 4.79 Å². The van der Waals surface area contributed by atoms with Gasteiger partial charge in [-0.25, -0.2) is 23.7 Å². The molecule has 4 heterocycles. The molecule has 0 fully saturated rings. The molecule has 0 aliphatic carbocycles. The zero-order valence-electron chi connectivity index (χ0n) is 20.7.